The summed E-state index contributed by atoms with van der Waals surface area (Å²) in [6, 6.07) is 4.69. The Balaban J connectivity index is 2.05. The summed E-state index contributed by atoms with van der Waals surface area (Å²) in [4.78, 5) is 13.3. The molecule has 3 rings (SSSR count). The maximum Gasteiger partial charge on any atom is 0.409 e. The van der Waals surface area contributed by atoms with Crippen LogP contribution in [0.15, 0.2) is 22.7 Å². The number of carboxylic acid groups (broad SMARTS) is 1. The van der Waals surface area contributed by atoms with Gasteiger partial charge in [-0.3, -0.25) is 10.2 Å². The number of amides is 1. The lowest BCUT2D eigenvalue weighted by Gasteiger charge is -2.54. The van der Waals surface area contributed by atoms with Crippen molar-refractivity contribution >= 4 is 33.8 Å². The molecular weight excluding hydrogens is 454 g/mol. The molecule has 4 atom stereocenters. The van der Waals surface area contributed by atoms with Crippen molar-refractivity contribution in [3.8, 4) is 0 Å². The van der Waals surface area contributed by atoms with E-state index in [-0.39, 0.29) is 12.5 Å². The Morgan fingerprint density at radius 1 is 1.50 bits per heavy atom. The number of thioether (sulfide) groups is 1. The van der Waals surface area contributed by atoms with Gasteiger partial charge in [0.1, 0.15) is 18.0 Å². The van der Waals surface area contributed by atoms with E-state index < -0.39 is 41.3 Å². The first kappa shape index (κ1) is 21.8. The zero-order valence-corrected chi connectivity index (χ0v) is 18.4. The third kappa shape index (κ3) is 4.04. The van der Waals surface area contributed by atoms with Crippen LogP contribution in [0, 0.1) is 11.7 Å². The fourth-order valence-electron chi connectivity index (χ4n) is 3.99. The maximum atomic E-state index is 14.9. The normalized spacial score (nSPS) is 30.6. The predicted molar refractivity (Wildman–Crippen MR) is 109 cm³/mol. The third-order valence-corrected chi connectivity index (χ3v) is 7.10. The van der Waals surface area contributed by atoms with Crippen LogP contribution in [0.1, 0.15) is 32.8 Å². The Hall–Kier alpha value is -0.900. The molecule has 2 saturated heterocycles. The standard InChI is InChI=1S/C19H25BrF2N2O3S/c1-18(2,3)24(17(25)26)16-23-19(14-7-12(20)4-5-15(14)22)10-27-13(8-21)6-11(19)9-28-16/h4-5,7,11,13,16,23H,6,8-10H2,1-3H3,(H,25,26)/t11-,13+,16?,19-/m0/s1. The van der Waals surface area contributed by atoms with Crippen LogP contribution < -0.4 is 5.32 Å². The zero-order valence-electron chi connectivity index (χ0n) is 16.0. The monoisotopic (exact) mass is 478 g/mol. The number of carbonyl (C=O) groups is 1. The molecule has 1 aromatic carbocycles. The van der Waals surface area contributed by atoms with E-state index in [4.69, 9.17) is 4.74 Å². The van der Waals surface area contributed by atoms with Gasteiger partial charge < -0.3 is 9.84 Å². The Morgan fingerprint density at radius 3 is 2.82 bits per heavy atom. The minimum Gasteiger partial charge on any atom is -0.465 e. The molecule has 0 saturated carbocycles. The van der Waals surface area contributed by atoms with Crippen LogP contribution >= 0.6 is 27.7 Å². The minimum absolute atomic E-state index is 0.0777. The van der Waals surface area contributed by atoms with E-state index in [0.717, 1.165) is 0 Å². The van der Waals surface area contributed by atoms with Gasteiger partial charge in [0.25, 0.3) is 0 Å². The number of rotatable bonds is 3. The predicted octanol–water partition coefficient (Wildman–Crippen LogP) is 4.56. The Morgan fingerprint density at radius 2 is 2.21 bits per heavy atom. The van der Waals surface area contributed by atoms with E-state index in [0.29, 0.717) is 22.2 Å². The van der Waals surface area contributed by atoms with Crippen LogP contribution in [0.3, 0.4) is 0 Å². The van der Waals surface area contributed by atoms with Crippen molar-refractivity contribution < 1.29 is 23.4 Å². The molecule has 9 heteroatoms. The van der Waals surface area contributed by atoms with Crippen molar-refractivity contribution in [1.82, 2.24) is 10.2 Å². The second-order valence-corrected chi connectivity index (χ2v) is 10.3. The number of halogens is 3. The molecule has 1 unspecified atom stereocenters. The molecular formula is C19H25BrF2N2O3S. The number of hydrogen-bond donors (Lipinski definition) is 2. The number of ether oxygens (including phenoxy) is 1. The van der Waals surface area contributed by atoms with Gasteiger partial charge >= 0.3 is 6.09 Å². The van der Waals surface area contributed by atoms with Gasteiger partial charge in [0, 0.05) is 21.3 Å². The molecule has 0 radical (unpaired) electrons. The first-order valence-electron chi connectivity index (χ1n) is 9.13. The molecule has 2 N–H and O–H groups in total. The average Bonchev–Trinajstić information content (AvgIpc) is 2.61. The molecule has 2 fully saturated rings. The van der Waals surface area contributed by atoms with E-state index in [9.17, 15) is 18.7 Å². The van der Waals surface area contributed by atoms with Crippen molar-refractivity contribution in [3.63, 3.8) is 0 Å². The first-order valence-corrected chi connectivity index (χ1v) is 11.0. The molecule has 5 nitrogen and oxygen atoms in total. The summed E-state index contributed by atoms with van der Waals surface area (Å²) >= 11 is 4.85. The summed E-state index contributed by atoms with van der Waals surface area (Å²) in [6.07, 6.45) is -1.14. The SMILES string of the molecule is CC(C)(C)N(C(=O)O)C1N[C@@]2(c3cc(Br)ccc3F)CO[C@@H](CF)C[C@H]2CS1. The first-order chi connectivity index (χ1) is 13.1. The van der Waals surface area contributed by atoms with Gasteiger partial charge in [-0.2, -0.15) is 0 Å². The molecule has 2 aliphatic rings. The Bertz CT molecular complexity index is 748. The summed E-state index contributed by atoms with van der Waals surface area (Å²) in [5.74, 6) is 0.0810. The summed E-state index contributed by atoms with van der Waals surface area (Å²) < 4.78 is 34.6. The smallest absolute Gasteiger partial charge is 0.409 e. The highest BCUT2D eigenvalue weighted by molar-refractivity contribution is 9.10. The maximum absolute atomic E-state index is 14.9. The molecule has 28 heavy (non-hydrogen) atoms. The van der Waals surface area contributed by atoms with Gasteiger partial charge in [-0.15, -0.1) is 11.8 Å². The van der Waals surface area contributed by atoms with Crippen LogP contribution in [-0.4, -0.2) is 52.3 Å². The third-order valence-electron chi connectivity index (χ3n) is 5.37. The van der Waals surface area contributed by atoms with Crippen LogP contribution in [-0.2, 0) is 10.3 Å². The molecule has 0 spiro atoms. The quantitative estimate of drug-likeness (QED) is 0.666. The molecule has 2 aliphatic heterocycles. The van der Waals surface area contributed by atoms with Crippen molar-refractivity contribution in [3.05, 3.63) is 34.1 Å². The number of fused-ring (bicyclic) bond motifs is 1. The van der Waals surface area contributed by atoms with Gasteiger partial charge in [0.2, 0.25) is 0 Å². The molecule has 2 heterocycles. The van der Waals surface area contributed by atoms with Crippen LogP contribution in [0.5, 0.6) is 0 Å². The number of hydrogen-bond acceptors (Lipinski definition) is 4. The minimum atomic E-state index is -1.06. The van der Waals surface area contributed by atoms with Gasteiger partial charge in [0.15, 0.2) is 0 Å². The van der Waals surface area contributed by atoms with Crippen molar-refractivity contribution in [2.75, 3.05) is 19.0 Å². The van der Waals surface area contributed by atoms with Gasteiger partial charge in [-0.1, -0.05) is 15.9 Å². The fraction of sp³-hybridized carbons (Fsp3) is 0.632. The average molecular weight is 479 g/mol. The summed E-state index contributed by atoms with van der Waals surface area (Å²) in [5.41, 5.74) is -1.77. The van der Waals surface area contributed by atoms with Crippen molar-refractivity contribution in [2.24, 2.45) is 5.92 Å². The lowest BCUT2D eigenvalue weighted by atomic mass is 9.74. The molecule has 1 aromatic rings. The molecule has 156 valence electrons. The van der Waals surface area contributed by atoms with E-state index in [1.165, 1.54) is 22.7 Å². The van der Waals surface area contributed by atoms with Crippen molar-refractivity contribution in [1.29, 1.82) is 0 Å². The fourth-order valence-corrected chi connectivity index (χ4v) is 6.04. The van der Waals surface area contributed by atoms with E-state index >= 15 is 0 Å². The zero-order chi connectivity index (χ0) is 20.7. The van der Waals surface area contributed by atoms with Crippen LogP contribution in [0.2, 0.25) is 0 Å². The van der Waals surface area contributed by atoms with Gasteiger partial charge in [0.05, 0.1) is 18.2 Å². The van der Waals surface area contributed by atoms with Crippen molar-refractivity contribution in [2.45, 2.75) is 49.9 Å². The second-order valence-electron chi connectivity index (χ2n) is 8.27. The summed E-state index contributed by atoms with van der Waals surface area (Å²) in [6.45, 7) is 4.94. The summed E-state index contributed by atoms with van der Waals surface area (Å²) in [7, 11) is 0. The largest absolute Gasteiger partial charge is 0.465 e. The summed E-state index contributed by atoms with van der Waals surface area (Å²) in [5, 5.41) is 13.2. The lowest BCUT2D eigenvalue weighted by molar-refractivity contribution is -0.0894. The van der Waals surface area contributed by atoms with Crippen LogP contribution in [0.4, 0.5) is 13.6 Å². The number of nitrogens with one attached hydrogen (secondary N) is 1. The Labute approximate surface area is 176 Å². The number of nitrogens with zero attached hydrogens (tertiary/aromatic N) is 1. The molecule has 0 aromatic heterocycles. The molecule has 0 aliphatic carbocycles. The second kappa shape index (κ2) is 8.08. The highest BCUT2D eigenvalue weighted by atomic mass is 79.9. The van der Waals surface area contributed by atoms with Gasteiger partial charge in [-0.05, 0) is 51.3 Å². The Kier molecular flexibility index (Phi) is 6.29. The lowest BCUT2D eigenvalue weighted by Crippen LogP contribution is -2.68. The van der Waals surface area contributed by atoms with E-state index in [2.05, 4.69) is 21.2 Å². The van der Waals surface area contributed by atoms with Gasteiger partial charge in [-0.25, -0.2) is 13.6 Å². The van der Waals surface area contributed by atoms with E-state index in [1.54, 1.807) is 12.1 Å². The number of benzene rings is 1. The highest BCUT2D eigenvalue weighted by Gasteiger charge is 2.53. The molecule has 0 bridgehead atoms. The van der Waals surface area contributed by atoms with Crippen LogP contribution in [0.25, 0.3) is 0 Å². The van der Waals surface area contributed by atoms with E-state index in [1.807, 2.05) is 20.8 Å². The molecule has 1 amide bonds. The number of alkyl halides is 1. The highest BCUT2D eigenvalue weighted by Crippen LogP contribution is 2.46. The topological polar surface area (TPSA) is 61.8 Å².